The molecule has 0 saturated heterocycles. The number of carbonyl (C=O) groups excluding carboxylic acids is 2. The molecule has 0 bridgehead atoms. The molecule has 5 nitrogen and oxygen atoms in total. The molecule has 0 aliphatic heterocycles. The summed E-state index contributed by atoms with van der Waals surface area (Å²) in [6, 6.07) is 27.6. The molecule has 3 N–H and O–H groups in total. The fourth-order valence-electron chi connectivity index (χ4n) is 3.27. The van der Waals surface area contributed by atoms with Gasteiger partial charge < -0.3 is 16.0 Å². The summed E-state index contributed by atoms with van der Waals surface area (Å²) in [5, 5.41) is 11.5. The number of hydrogen-bond donors (Lipinski definition) is 3. The number of para-hydroxylation sites is 1. The standard InChI is InChI=1S/C25H20ClN3O2/c26-18-12-14-19(15-13-18)28-25(31)21-9-3-4-10-22(21)27-16-24(30)29-23-11-5-7-17-6-1-2-8-20(17)23/h1-15,27H,16H2,(H,28,31)(H,29,30). The highest BCUT2D eigenvalue weighted by Crippen LogP contribution is 2.23. The first-order valence-corrected chi connectivity index (χ1v) is 10.2. The van der Waals surface area contributed by atoms with E-state index in [9.17, 15) is 9.59 Å². The van der Waals surface area contributed by atoms with E-state index < -0.39 is 0 Å². The summed E-state index contributed by atoms with van der Waals surface area (Å²) in [4.78, 5) is 25.3. The number of rotatable bonds is 6. The van der Waals surface area contributed by atoms with Crippen LogP contribution in [0.1, 0.15) is 10.4 Å². The average molecular weight is 430 g/mol. The Bertz CT molecular complexity index is 1230. The van der Waals surface area contributed by atoms with Gasteiger partial charge in [0.2, 0.25) is 5.91 Å². The number of benzene rings is 4. The Morgan fingerprint density at radius 2 is 1.39 bits per heavy atom. The highest BCUT2D eigenvalue weighted by molar-refractivity contribution is 6.30. The van der Waals surface area contributed by atoms with Crippen molar-refractivity contribution in [3.63, 3.8) is 0 Å². The first-order chi connectivity index (χ1) is 15.1. The fourth-order valence-corrected chi connectivity index (χ4v) is 3.40. The van der Waals surface area contributed by atoms with Gasteiger partial charge in [0.25, 0.3) is 5.91 Å². The predicted molar refractivity (Wildman–Crippen MR) is 127 cm³/mol. The molecule has 6 heteroatoms. The van der Waals surface area contributed by atoms with Gasteiger partial charge in [-0.05, 0) is 47.9 Å². The van der Waals surface area contributed by atoms with Crippen molar-refractivity contribution in [2.24, 2.45) is 0 Å². The zero-order valence-corrected chi connectivity index (χ0v) is 17.3. The first-order valence-electron chi connectivity index (χ1n) is 9.77. The second-order valence-electron chi connectivity index (χ2n) is 6.94. The summed E-state index contributed by atoms with van der Waals surface area (Å²) in [6.45, 7) is 0.0223. The SMILES string of the molecule is O=C(CNc1ccccc1C(=O)Nc1ccc(Cl)cc1)Nc1cccc2ccccc12. The van der Waals surface area contributed by atoms with Gasteiger partial charge in [-0.3, -0.25) is 9.59 Å². The second kappa shape index (κ2) is 9.32. The van der Waals surface area contributed by atoms with Crippen LogP contribution in [0.2, 0.25) is 5.02 Å². The number of nitrogens with one attached hydrogen (secondary N) is 3. The molecule has 0 saturated carbocycles. The molecule has 0 spiro atoms. The summed E-state index contributed by atoms with van der Waals surface area (Å²) < 4.78 is 0. The Morgan fingerprint density at radius 1 is 0.710 bits per heavy atom. The van der Waals surface area contributed by atoms with Crippen LogP contribution in [-0.2, 0) is 4.79 Å². The molecule has 154 valence electrons. The van der Waals surface area contributed by atoms with E-state index >= 15 is 0 Å². The van der Waals surface area contributed by atoms with Crippen LogP contribution in [0.5, 0.6) is 0 Å². The van der Waals surface area contributed by atoms with Gasteiger partial charge in [0.1, 0.15) is 0 Å². The van der Waals surface area contributed by atoms with Crippen molar-refractivity contribution in [2.45, 2.75) is 0 Å². The van der Waals surface area contributed by atoms with Crippen LogP contribution < -0.4 is 16.0 Å². The van der Waals surface area contributed by atoms with E-state index in [1.807, 2.05) is 48.5 Å². The minimum atomic E-state index is -0.278. The minimum Gasteiger partial charge on any atom is -0.376 e. The van der Waals surface area contributed by atoms with Crippen LogP contribution >= 0.6 is 11.6 Å². The normalized spacial score (nSPS) is 10.5. The van der Waals surface area contributed by atoms with Crippen molar-refractivity contribution < 1.29 is 9.59 Å². The minimum absolute atomic E-state index is 0.0223. The van der Waals surface area contributed by atoms with Crippen molar-refractivity contribution >= 4 is 51.2 Å². The van der Waals surface area contributed by atoms with Gasteiger partial charge in [0.05, 0.1) is 12.1 Å². The lowest BCUT2D eigenvalue weighted by molar-refractivity contribution is -0.114. The Kier molecular flexibility index (Phi) is 6.15. The molecule has 4 aromatic rings. The van der Waals surface area contributed by atoms with E-state index in [2.05, 4.69) is 16.0 Å². The number of carbonyl (C=O) groups is 2. The van der Waals surface area contributed by atoms with Crippen LogP contribution in [0.3, 0.4) is 0 Å². The molecule has 31 heavy (non-hydrogen) atoms. The summed E-state index contributed by atoms with van der Waals surface area (Å²) in [5.74, 6) is -0.482. The molecule has 0 heterocycles. The van der Waals surface area contributed by atoms with Crippen LogP contribution in [0.25, 0.3) is 10.8 Å². The summed E-state index contributed by atoms with van der Waals surface area (Å²) in [6.07, 6.45) is 0. The van der Waals surface area contributed by atoms with Crippen LogP contribution in [-0.4, -0.2) is 18.4 Å². The predicted octanol–water partition coefficient (Wildman–Crippen LogP) is 5.80. The second-order valence-corrected chi connectivity index (χ2v) is 7.37. The molecule has 0 radical (unpaired) electrons. The highest BCUT2D eigenvalue weighted by Gasteiger charge is 2.13. The molecule has 0 atom stereocenters. The molecular formula is C25H20ClN3O2. The molecule has 0 unspecified atom stereocenters. The zero-order valence-electron chi connectivity index (χ0n) is 16.6. The molecule has 2 amide bonds. The molecule has 4 aromatic carbocycles. The number of anilines is 3. The maximum Gasteiger partial charge on any atom is 0.257 e. The third kappa shape index (κ3) is 5.02. The summed E-state index contributed by atoms with van der Waals surface area (Å²) in [5.41, 5.74) is 2.40. The molecule has 4 rings (SSSR count). The molecule has 0 aliphatic rings. The summed E-state index contributed by atoms with van der Waals surface area (Å²) in [7, 11) is 0. The van der Waals surface area contributed by atoms with E-state index in [1.54, 1.807) is 42.5 Å². The molecule has 0 fully saturated rings. The largest absolute Gasteiger partial charge is 0.376 e. The van der Waals surface area contributed by atoms with Crippen molar-refractivity contribution in [3.8, 4) is 0 Å². The fraction of sp³-hybridized carbons (Fsp3) is 0.0400. The third-order valence-electron chi connectivity index (χ3n) is 4.78. The van der Waals surface area contributed by atoms with Gasteiger partial charge >= 0.3 is 0 Å². The Morgan fingerprint density at radius 3 is 2.23 bits per heavy atom. The van der Waals surface area contributed by atoms with Gasteiger partial charge in [-0.25, -0.2) is 0 Å². The Hall–Kier alpha value is -3.83. The molecule has 0 aliphatic carbocycles. The highest BCUT2D eigenvalue weighted by atomic mass is 35.5. The van der Waals surface area contributed by atoms with Gasteiger partial charge in [0.15, 0.2) is 0 Å². The van der Waals surface area contributed by atoms with Crippen molar-refractivity contribution in [2.75, 3.05) is 22.5 Å². The van der Waals surface area contributed by atoms with Gasteiger partial charge in [0, 0.05) is 27.5 Å². The van der Waals surface area contributed by atoms with Crippen molar-refractivity contribution in [1.82, 2.24) is 0 Å². The maximum absolute atomic E-state index is 12.7. The monoisotopic (exact) mass is 429 g/mol. The van der Waals surface area contributed by atoms with Gasteiger partial charge in [-0.1, -0.05) is 60.1 Å². The van der Waals surface area contributed by atoms with Crippen LogP contribution in [0.4, 0.5) is 17.1 Å². The average Bonchev–Trinajstić information content (AvgIpc) is 2.79. The maximum atomic E-state index is 12.7. The lowest BCUT2D eigenvalue weighted by Gasteiger charge is -2.13. The van der Waals surface area contributed by atoms with E-state index in [0.717, 1.165) is 16.5 Å². The summed E-state index contributed by atoms with van der Waals surface area (Å²) >= 11 is 5.89. The van der Waals surface area contributed by atoms with Crippen LogP contribution in [0.15, 0.2) is 91.0 Å². The van der Waals surface area contributed by atoms with Crippen molar-refractivity contribution in [1.29, 1.82) is 0 Å². The number of fused-ring (bicyclic) bond motifs is 1. The van der Waals surface area contributed by atoms with Crippen LogP contribution in [0, 0.1) is 0 Å². The van der Waals surface area contributed by atoms with E-state index in [0.29, 0.717) is 22.0 Å². The smallest absolute Gasteiger partial charge is 0.257 e. The Balaban J connectivity index is 1.43. The molecular weight excluding hydrogens is 410 g/mol. The number of amides is 2. The third-order valence-corrected chi connectivity index (χ3v) is 5.03. The van der Waals surface area contributed by atoms with Gasteiger partial charge in [-0.15, -0.1) is 0 Å². The van der Waals surface area contributed by atoms with Crippen molar-refractivity contribution in [3.05, 3.63) is 102 Å². The Labute approximate surface area is 185 Å². The van der Waals surface area contributed by atoms with E-state index in [4.69, 9.17) is 11.6 Å². The zero-order chi connectivity index (χ0) is 21.6. The lowest BCUT2D eigenvalue weighted by atomic mass is 10.1. The lowest BCUT2D eigenvalue weighted by Crippen LogP contribution is -2.23. The number of halogens is 1. The first kappa shape index (κ1) is 20.4. The van der Waals surface area contributed by atoms with E-state index in [1.165, 1.54) is 0 Å². The number of hydrogen-bond acceptors (Lipinski definition) is 3. The molecule has 0 aromatic heterocycles. The van der Waals surface area contributed by atoms with Gasteiger partial charge in [-0.2, -0.15) is 0 Å². The van der Waals surface area contributed by atoms with E-state index in [-0.39, 0.29) is 18.4 Å². The quantitative estimate of drug-likeness (QED) is 0.363. The topological polar surface area (TPSA) is 70.2 Å².